The van der Waals surface area contributed by atoms with E-state index >= 15 is 0 Å². The van der Waals surface area contributed by atoms with E-state index in [0.29, 0.717) is 0 Å². The van der Waals surface area contributed by atoms with Gasteiger partial charge in [-0.05, 0) is 42.9 Å². The molecule has 0 aromatic carbocycles. The molecule has 0 radical (unpaired) electrons. The average Bonchev–Trinajstić information content (AvgIpc) is 2.93. The first-order valence-electron chi connectivity index (χ1n) is 6.43. The highest BCUT2D eigenvalue weighted by molar-refractivity contribution is 5.18. The molecule has 2 aliphatic carbocycles. The van der Waals surface area contributed by atoms with Gasteiger partial charge in [-0.3, -0.25) is 0 Å². The molecular weight excluding hydrogens is 168 g/mol. The molecule has 4 unspecified atom stereocenters. The summed E-state index contributed by atoms with van der Waals surface area (Å²) in [7, 11) is 0. The van der Waals surface area contributed by atoms with E-state index in [1.165, 1.54) is 32.1 Å². The fourth-order valence-corrected chi connectivity index (χ4v) is 3.04. The Hall–Kier alpha value is -0.260. The van der Waals surface area contributed by atoms with Gasteiger partial charge in [0.2, 0.25) is 0 Å². The molecule has 80 valence electrons. The smallest absolute Gasteiger partial charge is 0.0228 e. The van der Waals surface area contributed by atoms with Crippen LogP contribution in [-0.2, 0) is 0 Å². The lowest BCUT2D eigenvalue weighted by Crippen LogP contribution is -2.10. The number of fused-ring (bicyclic) bond motifs is 1. The number of hydrogen-bond donors (Lipinski definition) is 0. The zero-order chi connectivity index (χ0) is 10.1. The van der Waals surface area contributed by atoms with Gasteiger partial charge in [-0.25, -0.2) is 0 Å². The molecule has 0 amide bonds. The van der Waals surface area contributed by atoms with Crippen LogP contribution in [0.15, 0.2) is 11.6 Å². The van der Waals surface area contributed by atoms with Crippen molar-refractivity contribution in [1.82, 2.24) is 0 Å². The highest BCUT2D eigenvalue weighted by Gasteiger charge is 2.43. The van der Waals surface area contributed by atoms with E-state index in [9.17, 15) is 0 Å². The SMILES string of the molecule is CCCCC(C)C1=CC(C)C2CC2C1. The van der Waals surface area contributed by atoms with Crippen molar-refractivity contribution in [1.29, 1.82) is 0 Å². The normalized spacial score (nSPS) is 37.4. The molecule has 2 rings (SSSR count). The van der Waals surface area contributed by atoms with Gasteiger partial charge in [-0.15, -0.1) is 0 Å². The maximum atomic E-state index is 2.59. The highest BCUT2D eigenvalue weighted by atomic mass is 14.5. The topological polar surface area (TPSA) is 0 Å². The van der Waals surface area contributed by atoms with Gasteiger partial charge in [0.15, 0.2) is 0 Å². The van der Waals surface area contributed by atoms with Crippen molar-refractivity contribution in [2.45, 2.75) is 52.9 Å². The molecule has 2 aliphatic rings. The Balaban J connectivity index is 1.90. The van der Waals surface area contributed by atoms with Crippen LogP contribution in [0.3, 0.4) is 0 Å². The number of unbranched alkanes of at least 4 members (excludes halogenated alkanes) is 1. The molecule has 0 N–H and O–H groups in total. The number of rotatable bonds is 4. The third-order valence-corrected chi connectivity index (χ3v) is 4.25. The molecule has 1 saturated carbocycles. The van der Waals surface area contributed by atoms with Crippen LogP contribution < -0.4 is 0 Å². The van der Waals surface area contributed by atoms with E-state index in [4.69, 9.17) is 0 Å². The van der Waals surface area contributed by atoms with Gasteiger partial charge >= 0.3 is 0 Å². The minimum absolute atomic E-state index is 0.860. The molecule has 0 heteroatoms. The summed E-state index contributed by atoms with van der Waals surface area (Å²) >= 11 is 0. The number of allylic oxidation sites excluding steroid dienone is 2. The summed E-state index contributed by atoms with van der Waals surface area (Å²) in [5.41, 5.74) is 1.78. The summed E-state index contributed by atoms with van der Waals surface area (Å²) < 4.78 is 0. The Bertz CT molecular complexity index is 226. The maximum Gasteiger partial charge on any atom is -0.0228 e. The van der Waals surface area contributed by atoms with E-state index in [2.05, 4.69) is 26.8 Å². The van der Waals surface area contributed by atoms with Gasteiger partial charge in [-0.1, -0.05) is 45.3 Å². The van der Waals surface area contributed by atoms with E-state index in [-0.39, 0.29) is 0 Å². The van der Waals surface area contributed by atoms with Crippen LogP contribution >= 0.6 is 0 Å². The summed E-state index contributed by atoms with van der Waals surface area (Å²) in [6, 6.07) is 0. The zero-order valence-electron chi connectivity index (χ0n) is 9.92. The highest BCUT2D eigenvalue weighted by Crippen LogP contribution is 2.53. The molecule has 0 bridgehead atoms. The Morgan fingerprint density at radius 1 is 1.50 bits per heavy atom. The standard InChI is InChI=1S/C14H24/c1-4-5-6-10(2)12-7-11(3)14-9-13(14)8-12/h7,10-11,13-14H,4-6,8-9H2,1-3H3. The van der Waals surface area contributed by atoms with Gasteiger partial charge in [-0.2, -0.15) is 0 Å². The second-order valence-corrected chi connectivity index (χ2v) is 5.51. The lowest BCUT2D eigenvalue weighted by molar-refractivity contribution is 0.475. The molecule has 0 nitrogen and oxygen atoms in total. The minimum Gasteiger partial charge on any atom is -0.0819 e. The molecule has 0 spiro atoms. The summed E-state index contributed by atoms with van der Waals surface area (Å²) in [6.07, 6.45) is 9.70. The Kier molecular flexibility index (Phi) is 2.99. The van der Waals surface area contributed by atoms with Crippen molar-refractivity contribution in [2.75, 3.05) is 0 Å². The predicted octanol–water partition coefficient (Wildman–Crippen LogP) is 4.42. The molecule has 0 aromatic heterocycles. The summed E-state index contributed by atoms with van der Waals surface area (Å²) in [4.78, 5) is 0. The van der Waals surface area contributed by atoms with E-state index in [1.54, 1.807) is 5.57 Å². The molecule has 14 heavy (non-hydrogen) atoms. The largest absolute Gasteiger partial charge is 0.0819 e. The maximum absolute atomic E-state index is 2.59. The summed E-state index contributed by atoms with van der Waals surface area (Å²) in [5, 5.41) is 0. The van der Waals surface area contributed by atoms with E-state index < -0.39 is 0 Å². The van der Waals surface area contributed by atoms with Crippen molar-refractivity contribution in [3.8, 4) is 0 Å². The van der Waals surface area contributed by atoms with Crippen LogP contribution in [0.25, 0.3) is 0 Å². The Morgan fingerprint density at radius 3 is 2.93 bits per heavy atom. The lowest BCUT2D eigenvalue weighted by Gasteiger charge is -2.22. The quantitative estimate of drug-likeness (QED) is 0.579. The third kappa shape index (κ3) is 2.04. The third-order valence-electron chi connectivity index (χ3n) is 4.25. The van der Waals surface area contributed by atoms with Gasteiger partial charge < -0.3 is 0 Å². The molecule has 0 aromatic rings. The monoisotopic (exact) mass is 192 g/mol. The van der Waals surface area contributed by atoms with Crippen LogP contribution in [0, 0.1) is 23.7 Å². The summed E-state index contributed by atoms with van der Waals surface area (Å²) in [6.45, 7) is 7.13. The van der Waals surface area contributed by atoms with Crippen LogP contribution in [-0.4, -0.2) is 0 Å². The second-order valence-electron chi connectivity index (χ2n) is 5.51. The molecule has 4 atom stereocenters. The molecule has 0 saturated heterocycles. The van der Waals surface area contributed by atoms with Crippen molar-refractivity contribution >= 4 is 0 Å². The van der Waals surface area contributed by atoms with Gasteiger partial charge in [0, 0.05) is 0 Å². The zero-order valence-corrected chi connectivity index (χ0v) is 9.92. The van der Waals surface area contributed by atoms with Crippen LogP contribution in [0.5, 0.6) is 0 Å². The van der Waals surface area contributed by atoms with Crippen LogP contribution in [0.2, 0.25) is 0 Å². The predicted molar refractivity (Wildman–Crippen MR) is 62.2 cm³/mol. The fourth-order valence-electron chi connectivity index (χ4n) is 3.04. The molecule has 0 aliphatic heterocycles. The second kappa shape index (κ2) is 4.08. The Labute approximate surface area is 88.8 Å². The van der Waals surface area contributed by atoms with Crippen molar-refractivity contribution in [2.24, 2.45) is 23.7 Å². The lowest BCUT2D eigenvalue weighted by atomic mass is 9.84. The molecular formula is C14H24. The van der Waals surface area contributed by atoms with Gasteiger partial charge in [0.1, 0.15) is 0 Å². The van der Waals surface area contributed by atoms with Crippen molar-refractivity contribution in [3.05, 3.63) is 11.6 Å². The first-order valence-corrected chi connectivity index (χ1v) is 6.43. The minimum atomic E-state index is 0.860. The molecule has 0 heterocycles. The summed E-state index contributed by atoms with van der Waals surface area (Å²) in [5.74, 6) is 3.89. The van der Waals surface area contributed by atoms with Crippen LogP contribution in [0.1, 0.15) is 52.9 Å². The van der Waals surface area contributed by atoms with Gasteiger partial charge in [0.05, 0.1) is 0 Å². The average molecular weight is 192 g/mol. The fraction of sp³-hybridized carbons (Fsp3) is 0.857. The van der Waals surface area contributed by atoms with Crippen molar-refractivity contribution in [3.63, 3.8) is 0 Å². The van der Waals surface area contributed by atoms with E-state index in [1.807, 2.05) is 0 Å². The Morgan fingerprint density at radius 2 is 2.29 bits per heavy atom. The van der Waals surface area contributed by atoms with Crippen LogP contribution in [0.4, 0.5) is 0 Å². The first kappa shape index (κ1) is 10.3. The first-order chi connectivity index (χ1) is 6.72. The molecule has 1 fully saturated rings. The van der Waals surface area contributed by atoms with Gasteiger partial charge in [0.25, 0.3) is 0 Å². The van der Waals surface area contributed by atoms with E-state index in [0.717, 1.165) is 23.7 Å². The number of hydrogen-bond acceptors (Lipinski definition) is 0. The van der Waals surface area contributed by atoms with Crippen molar-refractivity contribution < 1.29 is 0 Å².